The van der Waals surface area contributed by atoms with Gasteiger partial charge >= 0.3 is 11.9 Å². The van der Waals surface area contributed by atoms with Crippen LogP contribution < -0.4 is 0 Å². The van der Waals surface area contributed by atoms with Crippen LogP contribution in [0.2, 0.25) is 0 Å². The first-order valence-electron chi connectivity index (χ1n) is 8.41. The Morgan fingerprint density at radius 1 is 0.826 bits per heavy atom. The molecular formula is C18H32O5. The lowest BCUT2D eigenvalue weighted by atomic mass is 10.1. The molecule has 5 heteroatoms. The summed E-state index contributed by atoms with van der Waals surface area (Å²) < 4.78 is 5.07. The average molecular weight is 328 g/mol. The summed E-state index contributed by atoms with van der Waals surface area (Å²) in [4.78, 5) is 19.1. The monoisotopic (exact) mass is 328 g/mol. The van der Waals surface area contributed by atoms with Crippen molar-refractivity contribution in [1.82, 2.24) is 0 Å². The lowest BCUT2D eigenvalue weighted by molar-refractivity contribution is -0.134. The molecule has 0 unspecified atom stereocenters. The number of rotatable bonds is 14. The van der Waals surface area contributed by atoms with E-state index in [0.29, 0.717) is 12.2 Å². The molecule has 5 nitrogen and oxygen atoms in total. The topological polar surface area (TPSA) is 83.8 Å². The Hall–Kier alpha value is -1.78. The van der Waals surface area contributed by atoms with E-state index in [9.17, 15) is 9.59 Å². The molecule has 0 rings (SSSR count). The third kappa shape index (κ3) is 29.0. The van der Waals surface area contributed by atoms with Crippen LogP contribution in [0.4, 0.5) is 0 Å². The van der Waals surface area contributed by atoms with Gasteiger partial charge in [-0.2, -0.15) is 0 Å². The molecular weight excluding hydrogens is 296 g/mol. The number of ether oxygens (including phenoxy) is 1. The Labute approximate surface area is 140 Å². The Morgan fingerprint density at radius 3 is 1.57 bits per heavy atom. The predicted molar refractivity (Wildman–Crippen MR) is 92.4 cm³/mol. The number of carbonyl (C=O) groups is 2. The van der Waals surface area contributed by atoms with Crippen molar-refractivity contribution in [1.29, 1.82) is 0 Å². The maximum absolute atomic E-state index is 9.55. The number of aliphatic carboxylic acids is 2. The van der Waals surface area contributed by atoms with E-state index < -0.39 is 11.9 Å². The van der Waals surface area contributed by atoms with Gasteiger partial charge in [-0.3, -0.25) is 0 Å². The van der Waals surface area contributed by atoms with Crippen molar-refractivity contribution in [3.63, 3.8) is 0 Å². The van der Waals surface area contributed by atoms with Crippen molar-refractivity contribution in [2.45, 2.75) is 71.1 Å². The van der Waals surface area contributed by atoms with Gasteiger partial charge in [0.2, 0.25) is 0 Å². The highest BCUT2D eigenvalue weighted by Crippen LogP contribution is 2.10. The normalized spacial score (nSPS) is 9.96. The molecule has 134 valence electrons. The highest BCUT2D eigenvalue weighted by atomic mass is 16.5. The maximum Gasteiger partial charge on any atom is 0.328 e. The van der Waals surface area contributed by atoms with Crippen LogP contribution in [0.25, 0.3) is 0 Å². The van der Waals surface area contributed by atoms with Crippen LogP contribution in [-0.2, 0) is 14.3 Å². The summed E-state index contributed by atoms with van der Waals surface area (Å²) in [6.45, 7) is 6.64. The molecule has 0 spiro atoms. The predicted octanol–water partition coefficient (Wildman–Crippen LogP) is 4.78. The molecule has 0 aromatic heterocycles. The van der Waals surface area contributed by atoms with Gasteiger partial charge < -0.3 is 14.9 Å². The van der Waals surface area contributed by atoms with Crippen molar-refractivity contribution < 1.29 is 24.5 Å². The van der Waals surface area contributed by atoms with Gasteiger partial charge in [-0.15, -0.1) is 0 Å². The first-order chi connectivity index (χ1) is 11.0. The first-order valence-corrected chi connectivity index (χ1v) is 8.41. The number of carboxylic acid groups (broad SMARTS) is 2. The second kappa shape index (κ2) is 20.2. The van der Waals surface area contributed by atoms with Gasteiger partial charge in [-0.25, -0.2) is 9.59 Å². The molecule has 0 saturated carbocycles. The molecule has 23 heavy (non-hydrogen) atoms. The lowest BCUT2D eigenvalue weighted by Crippen LogP contribution is -1.91. The van der Waals surface area contributed by atoms with Crippen LogP contribution in [0.15, 0.2) is 25.0 Å². The highest BCUT2D eigenvalue weighted by Gasteiger charge is 1.92. The second-order valence-corrected chi connectivity index (χ2v) is 5.23. The van der Waals surface area contributed by atoms with Gasteiger partial charge in [0.15, 0.2) is 0 Å². The molecule has 0 bridgehead atoms. The SMILES string of the molecule is C=COCCCCCCCCCCCC.O=C(O)/C=C\C(=O)O. The highest BCUT2D eigenvalue weighted by molar-refractivity contribution is 5.89. The third-order valence-corrected chi connectivity index (χ3v) is 3.10. The Balaban J connectivity index is 0. The van der Waals surface area contributed by atoms with Crippen LogP contribution in [-0.4, -0.2) is 28.8 Å². The van der Waals surface area contributed by atoms with E-state index in [1.54, 1.807) is 0 Å². The molecule has 0 radical (unpaired) electrons. The molecule has 0 aliphatic rings. The number of unbranched alkanes of at least 4 members (excludes halogenated alkanes) is 9. The molecule has 2 N–H and O–H groups in total. The summed E-state index contributed by atoms with van der Waals surface area (Å²) in [5, 5.41) is 15.6. The maximum atomic E-state index is 9.55. The fraction of sp³-hybridized carbons (Fsp3) is 0.667. The fourth-order valence-electron chi connectivity index (χ4n) is 1.90. The van der Waals surface area contributed by atoms with Gasteiger partial charge in [0, 0.05) is 12.2 Å². The molecule has 0 fully saturated rings. The van der Waals surface area contributed by atoms with Gasteiger partial charge in [-0.1, -0.05) is 71.3 Å². The van der Waals surface area contributed by atoms with Gasteiger partial charge in [0.1, 0.15) is 0 Å². The van der Waals surface area contributed by atoms with E-state index in [1.807, 2.05) is 0 Å². The molecule has 0 atom stereocenters. The van der Waals surface area contributed by atoms with Gasteiger partial charge in [0.25, 0.3) is 0 Å². The van der Waals surface area contributed by atoms with Crippen LogP contribution in [0, 0.1) is 0 Å². The quantitative estimate of drug-likeness (QED) is 0.272. The van der Waals surface area contributed by atoms with Crippen LogP contribution >= 0.6 is 0 Å². The van der Waals surface area contributed by atoms with E-state index in [1.165, 1.54) is 70.5 Å². The lowest BCUT2D eigenvalue weighted by Gasteiger charge is -2.02. The fourth-order valence-corrected chi connectivity index (χ4v) is 1.90. The second-order valence-electron chi connectivity index (χ2n) is 5.23. The Morgan fingerprint density at radius 2 is 1.22 bits per heavy atom. The molecule has 0 aliphatic heterocycles. The number of hydrogen-bond donors (Lipinski definition) is 2. The van der Waals surface area contributed by atoms with Crippen molar-refractivity contribution in [3.05, 3.63) is 25.0 Å². The standard InChI is InChI=1S/C14H28O.C4H4O4/c1-3-5-6-7-8-9-10-11-12-13-14-15-4-2;5-3(6)1-2-4(7)8/h4H,2-3,5-14H2,1H3;1-2H,(H,5,6)(H,7,8)/b;2-1-. The van der Waals surface area contributed by atoms with Crippen LogP contribution in [0.3, 0.4) is 0 Å². The summed E-state index contributed by atoms with van der Waals surface area (Å²) in [6, 6.07) is 0. The molecule has 0 heterocycles. The molecule has 0 aliphatic carbocycles. The van der Waals surface area contributed by atoms with E-state index in [4.69, 9.17) is 14.9 Å². The van der Waals surface area contributed by atoms with E-state index >= 15 is 0 Å². The Bertz CT molecular complexity index is 307. The zero-order valence-electron chi connectivity index (χ0n) is 14.3. The zero-order valence-corrected chi connectivity index (χ0v) is 14.3. The summed E-state index contributed by atoms with van der Waals surface area (Å²) >= 11 is 0. The van der Waals surface area contributed by atoms with Crippen LogP contribution in [0.5, 0.6) is 0 Å². The largest absolute Gasteiger partial charge is 0.502 e. The van der Waals surface area contributed by atoms with E-state index in [0.717, 1.165) is 6.61 Å². The summed E-state index contributed by atoms with van der Waals surface area (Å²) in [7, 11) is 0. The molecule has 0 aromatic rings. The van der Waals surface area contributed by atoms with Crippen molar-refractivity contribution in [2.24, 2.45) is 0 Å². The number of carboxylic acids is 2. The average Bonchev–Trinajstić information content (AvgIpc) is 2.51. The van der Waals surface area contributed by atoms with E-state index in [2.05, 4.69) is 13.5 Å². The number of hydrogen-bond acceptors (Lipinski definition) is 3. The van der Waals surface area contributed by atoms with Crippen molar-refractivity contribution in [2.75, 3.05) is 6.61 Å². The Kier molecular flexibility index (Phi) is 20.6. The summed E-state index contributed by atoms with van der Waals surface area (Å²) in [5.74, 6) is -2.51. The molecule has 0 saturated heterocycles. The van der Waals surface area contributed by atoms with Gasteiger partial charge in [-0.05, 0) is 6.42 Å². The summed E-state index contributed by atoms with van der Waals surface area (Å²) in [6.07, 6.45) is 16.4. The smallest absolute Gasteiger partial charge is 0.328 e. The minimum absolute atomic E-state index is 0.558. The summed E-state index contributed by atoms with van der Waals surface area (Å²) in [5.41, 5.74) is 0. The van der Waals surface area contributed by atoms with E-state index in [-0.39, 0.29) is 0 Å². The minimum atomic E-state index is -1.26. The molecule has 0 aromatic carbocycles. The van der Waals surface area contributed by atoms with Crippen molar-refractivity contribution >= 4 is 11.9 Å². The first kappa shape index (κ1) is 23.5. The van der Waals surface area contributed by atoms with Gasteiger partial charge in [0.05, 0.1) is 12.9 Å². The third-order valence-electron chi connectivity index (χ3n) is 3.10. The molecule has 0 amide bonds. The zero-order chi connectivity index (χ0) is 17.8. The van der Waals surface area contributed by atoms with Crippen LogP contribution in [0.1, 0.15) is 71.1 Å². The van der Waals surface area contributed by atoms with Crippen molar-refractivity contribution in [3.8, 4) is 0 Å². The minimum Gasteiger partial charge on any atom is -0.502 e.